The highest BCUT2D eigenvalue weighted by molar-refractivity contribution is 6.08. The fourth-order valence-electron chi connectivity index (χ4n) is 2.66. The first-order valence-corrected chi connectivity index (χ1v) is 7.23. The quantitative estimate of drug-likeness (QED) is 0.916. The number of nitrogens with one attached hydrogen (secondary N) is 1. The van der Waals surface area contributed by atoms with E-state index in [1.165, 1.54) is 0 Å². The molecule has 1 saturated heterocycles. The fourth-order valence-corrected chi connectivity index (χ4v) is 2.66. The molecule has 0 spiro atoms. The Morgan fingerprint density at radius 2 is 1.85 bits per heavy atom. The van der Waals surface area contributed by atoms with Gasteiger partial charge in [0.25, 0.3) is 0 Å². The van der Waals surface area contributed by atoms with E-state index in [2.05, 4.69) is 19.2 Å². The second-order valence-corrected chi connectivity index (χ2v) is 5.66. The average molecular weight is 274 g/mol. The predicted molar refractivity (Wildman–Crippen MR) is 79.4 cm³/mol. The number of rotatable bonds is 4. The molecular weight excluding hydrogens is 252 g/mol. The van der Waals surface area contributed by atoms with Crippen LogP contribution in [0.25, 0.3) is 0 Å². The van der Waals surface area contributed by atoms with Gasteiger partial charge in [0.1, 0.15) is 12.1 Å². The first kappa shape index (κ1) is 14.6. The monoisotopic (exact) mass is 274 g/mol. The van der Waals surface area contributed by atoms with Crippen LogP contribution >= 0.6 is 0 Å². The minimum Gasteiger partial charge on any atom is -0.342 e. The topological polar surface area (TPSA) is 49.4 Å². The molecule has 20 heavy (non-hydrogen) atoms. The van der Waals surface area contributed by atoms with Gasteiger partial charge < -0.3 is 5.32 Å². The number of hydrogen-bond acceptors (Lipinski definition) is 2. The summed E-state index contributed by atoms with van der Waals surface area (Å²) in [5, 5.41) is 2.87. The van der Waals surface area contributed by atoms with Gasteiger partial charge in [-0.1, -0.05) is 39.0 Å². The van der Waals surface area contributed by atoms with Crippen molar-refractivity contribution in [2.45, 2.75) is 45.7 Å². The van der Waals surface area contributed by atoms with Gasteiger partial charge in [-0.2, -0.15) is 0 Å². The lowest BCUT2D eigenvalue weighted by atomic mass is 9.97. The summed E-state index contributed by atoms with van der Waals surface area (Å²) in [7, 11) is 0. The number of nitrogens with zero attached hydrogens (tertiary/aromatic N) is 1. The van der Waals surface area contributed by atoms with Crippen LogP contribution < -0.4 is 10.2 Å². The Labute approximate surface area is 120 Å². The molecule has 2 amide bonds. The van der Waals surface area contributed by atoms with Crippen molar-refractivity contribution in [2.24, 2.45) is 5.92 Å². The fraction of sp³-hybridized carbons (Fsp3) is 0.500. The van der Waals surface area contributed by atoms with E-state index < -0.39 is 12.1 Å². The second-order valence-electron chi connectivity index (χ2n) is 5.66. The molecule has 0 aliphatic carbocycles. The minimum absolute atomic E-state index is 0.00338. The van der Waals surface area contributed by atoms with Crippen LogP contribution in [-0.4, -0.2) is 23.9 Å². The number of para-hydroxylation sites is 1. The Kier molecular flexibility index (Phi) is 4.42. The Bertz CT molecular complexity index is 485. The average Bonchev–Trinajstić information content (AvgIpc) is 2.42. The van der Waals surface area contributed by atoms with Crippen molar-refractivity contribution >= 4 is 17.5 Å². The van der Waals surface area contributed by atoms with E-state index in [0.29, 0.717) is 18.8 Å². The zero-order valence-electron chi connectivity index (χ0n) is 12.3. The molecule has 1 N–H and O–H groups in total. The largest absolute Gasteiger partial charge is 0.342 e. The molecule has 1 heterocycles. The highest BCUT2D eigenvalue weighted by Gasteiger charge is 2.40. The molecule has 2 rings (SSSR count). The van der Waals surface area contributed by atoms with Gasteiger partial charge in [0.15, 0.2) is 0 Å². The first-order chi connectivity index (χ1) is 9.54. The Hall–Kier alpha value is -1.84. The van der Waals surface area contributed by atoms with E-state index in [-0.39, 0.29) is 11.8 Å². The molecule has 1 aromatic rings. The van der Waals surface area contributed by atoms with Crippen LogP contribution in [0.5, 0.6) is 0 Å². The summed E-state index contributed by atoms with van der Waals surface area (Å²) in [6, 6.07) is 8.62. The van der Waals surface area contributed by atoms with E-state index in [4.69, 9.17) is 0 Å². The van der Waals surface area contributed by atoms with Gasteiger partial charge in [0, 0.05) is 5.69 Å². The van der Waals surface area contributed by atoms with Gasteiger partial charge in [-0.05, 0) is 30.9 Å². The highest BCUT2D eigenvalue weighted by Crippen LogP contribution is 2.24. The molecule has 4 nitrogen and oxygen atoms in total. The Balaban J connectivity index is 2.33. The normalized spacial score (nSPS) is 23.1. The number of amides is 2. The summed E-state index contributed by atoms with van der Waals surface area (Å²) in [6.07, 6.45) is 1.28. The Morgan fingerprint density at radius 3 is 2.40 bits per heavy atom. The SMILES string of the molecule is CCC1C(=O)NC(CC(C)C)C(=O)N1c1ccccc1. The van der Waals surface area contributed by atoms with Crippen LogP contribution in [0.1, 0.15) is 33.6 Å². The maximum Gasteiger partial charge on any atom is 0.250 e. The van der Waals surface area contributed by atoms with Crippen LogP contribution in [0, 0.1) is 5.92 Å². The molecule has 0 bridgehead atoms. The lowest BCUT2D eigenvalue weighted by Gasteiger charge is -2.39. The summed E-state index contributed by atoms with van der Waals surface area (Å²) in [4.78, 5) is 26.6. The molecule has 1 aliphatic heterocycles. The molecule has 1 fully saturated rings. The third-order valence-corrected chi connectivity index (χ3v) is 3.59. The lowest BCUT2D eigenvalue weighted by molar-refractivity contribution is -0.134. The van der Waals surface area contributed by atoms with Crippen molar-refractivity contribution < 1.29 is 9.59 Å². The predicted octanol–water partition coefficient (Wildman–Crippen LogP) is 2.34. The number of anilines is 1. The molecule has 2 unspecified atom stereocenters. The summed E-state index contributed by atoms with van der Waals surface area (Å²) in [5.41, 5.74) is 0.799. The molecule has 1 aliphatic rings. The Morgan fingerprint density at radius 1 is 1.20 bits per heavy atom. The smallest absolute Gasteiger partial charge is 0.250 e. The number of benzene rings is 1. The zero-order valence-corrected chi connectivity index (χ0v) is 12.3. The van der Waals surface area contributed by atoms with Crippen molar-refractivity contribution in [3.63, 3.8) is 0 Å². The number of piperazine rings is 1. The van der Waals surface area contributed by atoms with Crippen molar-refractivity contribution in [1.29, 1.82) is 0 Å². The molecule has 108 valence electrons. The van der Waals surface area contributed by atoms with E-state index in [1.807, 2.05) is 37.3 Å². The van der Waals surface area contributed by atoms with Crippen molar-refractivity contribution in [1.82, 2.24) is 5.32 Å². The van der Waals surface area contributed by atoms with Crippen LogP contribution in [0.3, 0.4) is 0 Å². The van der Waals surface area contributed by atoms with Gasteiger partial charge in [-0.15, -0.1) is 0 Å². The summed E-state index contributed by atoms with van der Waals surface area (Å²) in [5.74, 6) is 0.304. The molecule has 2 atom stereocenters. The lowest BCUT2D eigenvalue weighted by Crippen LogP contribution is -2.63. The number of carbonyl (C=O) groups is 2. The highest BCUT2D eigenvalue weighted by atomic mass is 16.2. The zero-order chi connectivity index (χ0) is 14.7. The molecule has 0 saturated carbocycles. The second kappa shape index (κ2) is 6.07. The molecular formula is C16H22N2O2. The number of hydrogen-bond donors (Lipinski definition) is 1. The van der Waals surface area contributed by atoms with Crippen LogP contribution in [0.2, 0.25) is 0 Å². The van der Waals surface area contributed by atoms with Gasteiger partial charge in [0.05, 0.1) is 0 Å². The first-order valence-electron chi connectivity index (χ1n) is 7.23. The third kappa shape index (κ3) is 2.84. The maximum absolute atomic E-state index is 12.7. The molecule has 1 aromatic carbocycles. The van der Waals surface area contributed by atoms with Crippen LogP contribution in [0.15, 0.2) is 30.3 Å². The van der Waals surface area contributed by atoms with Crippen molar-refractivity contribution in [3.8, 4) is 0 Å². The van der Waals surface area contributed by atoms with E-state index >= 15 is 0 Å². The van der Waals surface area contributed by atoms with Crippen LogP contribution in [-0.2, 0) is 9.59 Å². The van der Waals surface area contributed by atoms with Crippen molar-refractivity contribution in [3.05, 3.63) is 30.3 Å². The minimum atomic E-state index is -0.412. The van der Waals surface area contributed by atoms with Gasteiger partial charge in [0.2, 0.25) is 11.8 Å². The van der Waals surface area contributed by atoms with E-state index in [9.17, 15) is 9.59 Å². The van der Waals surface area contributed by atoms with Crippen molar-refractivity contribution in [2.75, 3.05) is 4.90 Å². The van der Waals surface area contributed by atoms with Crippen LogP contribution in [0.4, 0.5) is 5.69 Å². The van der Waals surface area contributed by atoms with E-state index in [0.717, 1.165) is 5.69 Å². The van der Waals surface area contributed by atoms with Gasteiger partial charge in [-0.25, -0.2) is 0 Å². The standard InChI is InChI=1S/C16H22N2O2/c1-4-14-15(19)17-13(10-11(2)3)16(20)18(14)12-8-6-5-7-9-12/h5-9,11,13-14H,4,10H2,1-3H3,(H,17,19). The van der Waals surface area contributed by atoms with Gasteiger partial charge >= 0.3 is 0 Å². The number of carbonyl (C=O) groups excluding carboxylic acids is 2. The third-order valence-electron chi connectivity index (χ3n) is 3.59. The summed E-state index contributed by atoms with van der Waals surface area (Å²) in [6.45, 7) is 6.03. The summed E-state index contributed by atoms with van der Waals surface area (Å²) >= 11 is 0. The maximum atomic E-state index is 12.7. The van der Waals surface area contributed by atoms with Gasteiger partial charge in [-0.3, -0.25) is 14.5 Å². The molecule has 0 aromatic heterocycles. The summed E-state index contributed by atoms with van der Waals surface area (Å²) < 4.78 is 0. The molecule has 4 heteroatoms. The van der Waals surface area contributed by atoms with E-state index in [1.54, 1.807) is 4.90 Å². The molecule has 0 radical (unpaired) electrons.